The number of hydrogen-bond donors (Lipinski definition) is 0. The summed E-state index contributed by atoms with van der Waals surface area (Å²) in [6, 6.07) is 0. The van der Waals surface area contributed by atoms with E-state index in [1.54, 1.807) is 6.92 Å². The van der Waals surface area contributed by atoms with Crippen LogP contribution in [0, 0.1) is 5.92 Å². The standard InChI is InChI=1S/C13H22O3/c1-10(11(2)14)8-12-9-15-13(16-12)6-4-3-5-7-13/h10,12H,3-9H2,1-2H3. The Labute approximate surface area is 97.5 Å². The zero-order chi connectivity index (χ0) is 11.6. The molecule has 92 valence electrons. The third-order valence-corrected chi connectivity index (χ3v) is 3.84. The van der Waals surface area contributed by atoms with Crippen LogP contribution in [0.5, 0.6) is 0 Å². The molecule has 3 heteroatoms. The summed E-state index contributed by atoms with van der Waals surface area (Å²) in [5.41, 5.74) is 0. The second-order valence-electron chi connectivity index (χ2n) is 5.27. The predicted molar refractivity (Wildman–Crippen MR) is 61.1 cm³/mol. The first-order valence-electron chi connectivity index (χ1n) is 6.43. The van der Waals surface area contributed by atoms with Crippen molar-refractivity contribution in [1.82, 2.24) is 0 Å². The number of carbonyl (C=O) groups is 1. The van der Waals surface area contributed by atoms with Gasteiger partial charge in [-0.1, -0.05) is 13.3 Å². The van der Waals surface area contributed by atoms with Gasteiger partial charge in [0.15, 0.2) is 5.79 Å². The second-order valence-corrected chi connectivity index (χ2v) is 5.27. The summed E-state index contributed by atoms with van der Waals surface area (Å²) in [6.45, 7) is 4.28. The van der Waals surface area contributed by atoms with E-state index in [1.807, 2.05) is 6.92 Å². The highest BCUT2D eigenvalue weighted by atomic mass is 16.7. The largest absolute Gasteiger partial charge is 0.347 e. The van der Waals surface area contributed by atoms with Crippen LogP contribution in [0.25, 0.3) is 0 Å². The molecular weight excluding hydrogens is 204 g/mol. The Morgan fingerprint density at radius 2 is 2.06 bits per heavy atom. The average molecular weight is 226 g/mol. The summed E-state index contributed by atoms with van der Waals surface area (Å²) in [5, 5.41) is 0. The Bertz CT molecular complexity index is 256. The molecule has 0 bridgehead atoms. The van der Waals surface area contributed by atoms with Crippen LogP contribution in [0.2, 0.25) is 0 Å². The lowest BCUT2D eigenvalue weighted by atomic mass is 9.94. The molecule has 1 aliphatic carbocycles. The lowest BCUT2D eigenvalue weighted by Gasteiger charge is -2.31. The van der Waals surface area contributed by atoms with E-state index in [0.717, 1.165) is 19.3 Å². The van der Waals surface area contributed by atoms with Gasteiger partial charge in [0.25, 0.3) is 0 Å². The summed E-state index contributed by atoms with van der Waals surface area (Å²) >= 11 is 0. The normalized spacial score (nSPS) is 30.5. The van der Waals surface area contributed by atoms with Crippen molar-refractivity contribution in [3.05, 3.63) is 0 Å². The first kappa shape index (κ1) is 12.1. The zero-order valence-corrected chi connectivity index (χ0v) is 10.3. The minimum Gasteiger partial charge on any atom is -0.347 e. The molecule has 0 radical (unpaired) electrons. The molecule has 1 saturated carbocycles. The first-order chi connectivity index (χ1) is 7.61. The van der Waals surface area contributed by atoms with Gasteiger partial charge >= 0.3 is 0 Å². The van der Waals surface area contributed by atoms with Gasteiger partial charge in [0.1, 0.15) is 5.78 Å². The van der Waals surface area contributed by atoms with E-state index >= 15 is 0 Å². The Kier molecular flexibility index (Phi) is 3.65. The molecule has 16 heavy (non-hydrogen) atoms. The van der Waals surface area contributed by atoms with Crippen LogP contribution >= 0.6 is 0 Å². The van der Waals surface area contributed by atoms with Crippen LogP contribution in [0.15, 0.2) is 0 Å². The van der Waals surface area contributed by atoms with E-state index in [-0.39, 0.29) is 23.6 Å². The minimum atomic E-state index is -0.292. The number of rotatable bonds is 3. The summed E-state index contributed by atoms with van der Waals surface area (Å²) in [7, 11) is 0. The molecule has 0 aromatic rings. The molecule has 3 nitrogen and oxygen atoms in total. The van der Waals surface area contributed by atoms with Crippen molar-refractivity contribution in [2.45, 2.75) is 64.3 Å². The molecule has 1 spiro atoms. The van der Waals surface area contributed by atoms with E-state index in [1.165, 1.54) is 19.3 Å². The summed E-state index contributed by atoms with van der Waals surface area (Å²) in [4.78, 5) is 11.2. The molecule has 2 fully saturated rings. The highest BCUT2D eigenvalue weighted by molar-refractivity contribution is 5.77. The van der Waals surface area contributed by atoms with Gasteiger partial charge in [0, 0.05) is 18.8 Å². The van der Waals surface area contributed by atoms with Gasteiger partial charge in [-0.15, -0.1) is 0 Å². The topological polar surface area (TPSA) is 35.5 Å². The Morgan fingerprint density at radius 1 is 1.38 bits per heavy atom. The van der Waals surface area contributed by atoms with E-state index < -0.39 is 0 Å². The molecule has 1 heterocycles. The number of ether oxygens (including phenoxy) is 2. The lowest BCUT2D eigenvalue weighted by Crippen LogP contribution is -2.33. The number of ketones is 1. The molecule has 2 aliphatic rings. The van der Waals surface area contributed by atoms with E-state index in [0.29, 0.717) is 6.61 Å². The maximum Gasteiger partial charge on any atom is 0.168 e. The van der Waals surface area contributed by atoms with E-state index in [2.05, 4.69) is 0 Å². The van der Waals surface area contributed by atoms with Crippen LogP contribution in [0.3, 0.4) is 0 Å². The van der Waals surface area contributed by atoms with Gasteiger partial charge in [-0.3, -0.25) is 4.79 Å². The van der Waals surface area contributed by atoms with Crippen LogP contribution in [0.4, 0.5) is 0 Å². The van der Waals surface area contributed by atoms with Crippen LogP contribution in [0.1, 0.15) is 52.4 Å². The van der Waals surface area contributed by atoms with Gasteiger partial charge in [-0.2, -0.15) is 0 Å². The molecular formula is C13H22O3. The molecule has 1 aliphatic heterocycles. The smallest absolute Gasteiger partial charge is 0.168 e. The molecule has 0 amide bonds. The Morgan fingerprint density at radius 3 is 2.69 bits per heavy atom. The van der Waals surface area contributed by atoms with Gasteiger partial charge < -0.3 is 9.47 Å². The van der Waals surface area contributed by atoms with Crippen molar-refractivity contribution >= 4 is 5.78 Å². The average Bonchev–Trinajstić information content (AvgIpc) is 2.62. The summed E-state index contributed by atoms with van der Waals surface area (Å²) in [5.74, 6) is 0.0416. The lowest BCUT2D eigenvalue weighted by molar-refractivity contribution is -0.188. The second kappa shape index (κ2) is 4.84. The molecule has 2 unspecified atom stereocenters. The summed E-state index contributed by atoms with van der Waals surface area (Å²) < 4.78 is 11.9. The van der Waals surface area contributed by atoms with Crippen molar-refractivity contribution in [3.8, 4) is 0 Å². The van der Waals surface area contributed by atoms with Gasteiger partial charge in [0.05, 0.1) is 12.7 Å². The third kappa shape index (κ3) is 2.64. The van der Waals surface area contributed by atoms with Crippen LogP contribution < -0.4 is 0 Å². The maximum absolute atomic E-state index is 11.2. The molecule has 2 atom stereocenters. The highest BCUT2D eigenvalue weighted by Crippen LogP contribution is 2.38. The van der Waals surface area contributed by atoms with Gasteiger partial charge in [0.2, 0.25) is 0 Å². The monoisotopic (exact) mass is 226 g/mol. The number of carbonyl (C=O) groups excluding carboxylic acids is 1. The van der Waals surface area contributed by atoms with Crippen molar-refractivity contribution in [1.29, 1.82) is 0 Å². The van der Waals surface area contributed by atoms with Crippen LogP contribution in [-0.4, -0.2) is 24.3 Å². The van der Waals surface area contributed by atoms with Crippen molar-refractivity contribution in [2.24, 2.45) is 5.92 Å². The van der Waals surface area contributed by atoms with Crippen molar-refractivity contribution in [2.75, 3.05) is 6.61 Å². The molecule has 0 aromatic carbocycles. The fraction of sp³-hybridized carbons (Fsp3) is 0.923. The van der Waals surface area contributed by atoms with Gasteiger partial charge in [-0.05, 0) is 26.2 Å². The summed E-state index contributed by atoms with van der Waals surface area (Å²) in [6.07, 6.45) is 6.68. The van der Waals surface area contributed by atoms with Crippen molar-refractivity contribution in [3.63, 3.8) is 0 Å². The fourth-order valence-electron chi connectivity index (χ4n) is 2.65. The maximum atomic E-state index is 11.2. The molecule has 1 saturated heterocycles. The van der Waals surface area contributed by atoms with E-state index in [9.17, 15) is 4.79 Å². The Hall–Kier alpha value is -0.410. The van der Waals surface area contributed by atoms with Gasteiger partial charge in [-0.25, -0.2) is 0 Å². The quantitative estimate of drug-likeness (QED) is 0.742. The molecule has 0 aromatic heterocycles. The van der Waals surface area contributed by atoms with Crippen LogP contribution in [-0.2, 0) is 14.3 Å². The SMILES string of the molecule is CC(=O)C(C)CC1COC2(CCCCC2)O1. The highest BCUT2D eigenvalue weighted by Gasteiger charge is 2.42. The molecule has 2 rings (SSSR count). The number of Topliss-reactive ketones (excluding diaryl/α,β-unsaturated/α-hetero) is 1. The minimum absolute atomic E-state index is 0.0901. The Balaban J connectivity index is 1.85. The molecule has 0 N–H and O–H groups in total. The zero-order valence-electron chi connectivity index (χ0n) is 10.3. The predicted octanol–water partition coefficient (Wildman–Crippen LogP) is 2.68. The fourth-order valence-corrected chi connectivity index (χ4v) is 2.65. The van der Waals surface area contributed by atoms with E-state index in [4.69, 9.17) is 9.47 Å². The first-order valence-corrected chi connectivity index (χ1v) is 6.43. The van der Waals surface area contributed by atoms with Crippen molar-refractivity contribution < 1.29 is 14.3 Å². The number of hydrogen-bond acceptors (Lipinski definition) is 3. The third-order valence-electron chi connectivity index (χ3n) is 3.84.